The number of rotatable bonds is 4. The van der Waals surface area contributed by atoms with Crippen molar-refractivity contribution in [2.45, 2.75) is 0 Å². The Morgan fingerprint density at radius 1 is 1.11 bits per heavy atom. The summed E-state index contributed by atoms with van der Waals surface area (Å²) in [6, 6.07) is 7.21. The molecule has 0 unspecified atom stereocenters. The number of halogens is 2. The number of imidazole rings is 1. The Labute approximate surface area is 161 Å². The number of fused-ring (bicyclic) bond motifs is 1. The van der Waals surface area contributed by atoms with Crippen molar-refractivity contribution < 1.29 is 13.5 Å². The molecule has 6 nitrogen and oxygen atoms in total. The van der Waals surface area contributed by atoms with Crippen LogP contribution in [0.25, 0.3) is 21.9 Å². The summed E-state index contributed by atoms with van der Waals surface area (Å²) in [5.74, 6) is -1.27. The number of benzene rings is 1. The fourth-order valence-corrected chi connectivity index (χ4v) is 3.66. The van der Waals surface area contributed by atoms with E-state index in [2.05, 4.69) is 20.2 Å². The molecule has 138 valence electrons. The molecule has 4 aromatic rings. The molecule has 0 aliphatic carbocycles. The van der Waals surface area contributed by atoms with Crippen LogP contribution in [-0.2, 0) is 0 Å². The van der Waals surface area contributed by atoms with Crippen molar-refractivity contribution in [2.24, 2.45) is 4.99 Å². The van der Waals surface area contributed by atoms with Gasteiger partial charge in [-0.3, -0.25) is 9.39 Å². The van der Waals surface area contributed by atoms with Crippen LogP contribution in [-0.4, -0.2) is 32.4 Å². The summed E-state index contributed by atoms with van der Waals surface area (Å²) in [5, 5.41) is 9.21. The van der Waals surface area contributed by atoms with E-state index in [0.29, 0.717) is 15.9 Å². The second-order valence-electron chi connectivity index (χ2n) is 6.01. The van der Waals surface area contributed by atoms with Crippen LogP contribution < -0.4 is 4.74 Å². The second-order valence-corrected chi connectivity index (χ2v) is 6.95. The summed E-state index contributed by atoms with van der Waals surface area (Å²) < 4.78 is 34.3. The Bertz CT molecular complexity index is 1290. The summed E-state index contributed by atoms with van der Waals surface area (Å²) in [4.78, 5) is 8.57. The van der Waals surface area contributed by atoms with Gasteiger partial charge in [-0.05, 0) is 24.3 Å². The molecule has 0 amide bonds. The predicted molar refractivity (Wildman–Crippen MR) is 102 cm³/mol. The molecule has 1 aliphatic rings. The van der Waals surface area contributed by atoms with Crippen LogP contribution >= 0.6 is 11.3 Å². The van der Waals surface area contributed by atoms with E-state index in [9.17, 15) is 8.78 Å². The monoisotopic (exact) mass is 395 g/mol. The van der Waals surface area contributed by atoms with Crippen LogP contribution in [0.5, 0.6) is 5.19 Å². The number of allylic oxidation sites excluding steroid dienone is 1. The Hall–Kier alpha value is -3.46. The van der Waals surface area contributed by atoms with Gasteiger partial charge in [-0.15, -0.1) is 5.10 Å². The van der Waals surface area contributed by atoms with Gasteiger partial charge in [-0.1, -0.05) is 16.4 Å². The largest absolute Gasteiger partial charge is 0.472 e. The van der Waals surface area contributed by atoms with Crippen molar-refractivity contribution in [3.05, 3.63) is 71.7 Å². The van der Waals surface area contributed by atoms with E-state index < -0.39 is 11.6 Å². The lowest BCUT2D eigenvalue weighted by molar-refractivity contribution is 0.407. The van der Waals surface area contributed by atoms with Gasteiger partial charge >= 0.3 is 0 Å². The summed E-state index contributed by atoms with van der Waals surface area (Å²) in [7, 11) is 1.54. The van der Waals surface area contributed by atoms with Crippen molar-refractivity contribution in [3.63, 3.8) is 0 Å². The molecular formula is C19H11F2N5OS. The van der Waals surface area contributed by atoms with E-state index in [0.717, 1.165) is 28.5 Å². The first-order valence-corrected chi connectivity index (χ1v) is 9.05. The number of hydrogen-bond acceptors (Lipinski definition) is 6. The molecule has 0 bridgehead atoms. The first-order chi connectivity index (χ1) is 13.6. The summed E-state index contributed by atoms with van der Waals surface area (Å²) in [5.41, 5.74) is 3.84. The number of pyridine rings is 1. The Balaban J connectivity index is 1.54. The fourth-order valence-electron chi connectivity index (χ4n) is 2.99. The van der Waals surface area contributed by atoms with Gasteiger partial charge in [0, 0.05) is 35.2 Å². The third kappa shape index (κ3) is 2.59. The lowest BCUT2D eigenvalue weighted by Crippen LogP contribution is -2.13. The summed E-state index contributed by atoms with van der Waals surface area (Å²) in [6.07, 6.45) is 5.25. The molecule has 0 fully saturated rings. The van der Waals surface area contributed by atoms with Crippen LogP contribution in [0.15, 0.2) is 53.9 Å². The first kappa shape index (κ1) is 16.7. The Kier molecular flexibility index (Phi) is 3.76. The number of ether oxygens (including phenoxy) is 1. The van der Waals surface area contributed by atoms with Crippen LogP contribution in [0.2, 0.25) is 0 Å². The smallest absolute Gasteiger partial charge is 0.294 e. The molecule has 5 rings (SSSR count). The SMILES string of the molecule is COc1nnc(-c2cnc3ccc(C4=CN=C4c4ccc(F)cc4F)cn23)s1. The minimum absolute atomic E-state index is 0.263. The van der Waals surface area contributed by atoms with E-state index in [1.54, 1.807) is 12.4 Å². The van der Waals surface area contributed by atoms with E-state index in [1.807, 2.05) is 22.7 Å². The molecule has 1 aromatic carbocycles. The number of nitrogens with zero attached hydrogens (tertiary/aromatic N) is 5. The van der Waals surface area contributed by atoms with Crippen LogP contribution in [0.3, 0.4) is 0 Å². The average Bonchev–Trinajstić information content (AvgIpc) is 3.29. The van der Waals surface area contributed by atoms with Crippen molar-refractivity contribution in [1.82, 2.24) is 19.6 Å². The molecule has 3 aromatic heterocycles. The van der Waals surface area contributed by atoms with E-state index >= 15 is 0 Å². The molecule has 0 saturated heterocycles. The summed E-state index contributed by atoms with van der Waals surface area (Å²) >= 11 is 1.31. The zero-order valence-corrected chi connectivity index (χ0v) is 15.2. The zero-order chi connectivity index (χ0) is 19.3. The Morgan fingerprint density at radius 3 is 2.71 bits per heavy atom. The van der Waals surface area contributed by atoms with Crippen molar-refractivity contribution in [2.75, 3.05) is 7.11 Å². The molecule has 0 N–H and O–H groups in total. The molecule has 0 saturated carbocycles. The standard InChI is InChI=1S/C19H11F2N5OS/c1-27-19-25-24-18(28-19)15-8-22-16-5-2-10(9-26(15)16)13-7-23-17(13)12-4-3-11(20)6-14(12)21/h2-9H,1H3. The average molecular weight is 395 g/mol. The maximum Gasteiger partial charge on any atom is 0.294 e. The molecule has 0 atom stereocenters. The van der Waals surface area contributed by atoms with Crippen LogP contribution in [0, 0.1) is 11.6 Å². The predicted octanol–water partition coefficient (Wildman–Crippen LogP) is 3.98. The van der Waals surface area contributed by atoms with Gasteiger partial charge in [0.1, 0.15) is 23.0 Å². The van der Waals surface area contributed by atoms with E-state index in [1.165, 1.54) is 30.6 Å². The summed E-state index contributed by atoms with van der Waals surface area (Å²) in [6.45, 7) is 0. The zero-order valence-electron chi connectivity index (χ0n) is 14.4. The van der Waals surface area contributed by atoms with Gasteiger partial charge in [0.05, 0.1) is 19.0 Å². The van der Waals surface area contributed by atoms with E-state index in [4.69, 9.17) is 4.74 Å². The Morgan fingerprint density at radius 2 is 2.00 bits per heavy atom. The highest BCUT2D eigenvalue weighted by Crippen LogP contribution is 2.32. The highest BCUT2D eigenvalue weighted by atomic mass is 32.1. The topological polar surface area (TPSA) is 64.7 Å². The third-order valence-electron chi connectivity index (χ3n) is 4.38. The van der Waals surface area contributed by atoms with Gasteiger partial charge < -0.3 is 4.74 Å². The first-order valence-electron chi connectivity index (χ1n) is 8.23. The number of hydrogen-bond donors (Lipinski definition) is 0. The van der Waals surface area contributed by atoms with Gasteiger partial charge in [0.2, 0.25) is 0 Å². The van der Waals surface area contributed by atoms with Crippen molar-refractivity contribution in [3.8, 4) is 15.9 Å². The molecule has 0 radical (unpaired) electrons. The second kappa shape index (κ2) is 6.31. The number of aromatic nitrogens is 4. The van der Waals surface area contributed by atoms with Crippen molar-refractivity contribution in [1.29, 1.82) is 0 Å². The van der Waals surface area contributed by atoms with Gasteiger partial charge in [-0.2, -0.15) is 0 Å². The molecule has 0 spiro atoms. The number of aliphatic imine (C=N–C) groups is 1. The molecule has 1 aliphatic heterocycles. The van der Waals surface area contributed by atoms with Crippen molar-refractivity contribution >= 4 is 28.3 Å². The highest BCUT2D eigenvalue weighted by Gasteiger charge is 2.22. The van der Waals surface area contributed by atoms with Crippen LogP contribution in [0.1, 0.15) is 11.1 Å². The molecule has 9 heteroatoms. The lowest BCUT2D eigenvalue weighted by atomic mass is 9.94. The fraction of sp³-hybridized carbons (Fsp3) is 0.0526. The highest BCUT2D eigenvalue weighted by molar-refractivity contribution is 7.16. The van der Waals surface area contributed by atoms with E-state index in [-0.39, 0.29) is 5.56 Å². The minimum Gasteiger partial charge on any atom is -0.472 e. The van der Waals surface area contributed by atoms with Gasteiger partial charge in [-0.25, -0.2) is 13.8 Å². The van der Waals surface area contributed by atoms with Crippen LogP contribution in [0.4, 0.5) is 8.78 Å². The maximum atomic E-state index is 14.1. The molecular weight excluding hydrogens is 384 g/mol. The minimum atomic E-state index is -0.644. The quantitative estimate of drug-likeness (QED) is 0.524. The maximum absolute atomic E-state index is 14.1. The number of methoxy groups -OCH3 is 1. The lowest BCUT2D eigenvalue weighted by Gasteiger charge is -2.18. The van der Waals surface area contributed by atoms with Gasteiger partial charge in [0.25, 0.3) is 5.19 Å². The molecule has 28 heavy (non-hydrogen) atoms. The molecule has 4 heterocycles. The normalized spacial score (nSPS) is 13.2. The van der Waals surface area contributed by atoms with Gasteiger partial charge in [0.15, 0.2) is 5.01 Å². The third-order valence-corrected chi connectivity index (χ3v) is 5.29.